The van der Waals surface area contributed by atoms with Crippen LogP contribution in [0.2, 0.25) is 0 Å². The number of H-pyrrole nitrogens is 1. The fourth-order valence-electron chi connectivity index (χ4n) is 2.85. The van der Waals surface area contributed by atoms with Gasteiger partial charge in [0.25, 0.3) is 0 Å². The summed E-state index contributed by atoms with van der Waals surface area (Å²) in [6.07, 6.45) is 1.63. The van der Waals surface area contributed by atoms with E-state index in [2.05, 4.69) is 20.2 Å². The highest BCUT2D eigenvalue weighted by Crippen LogP contribution is 2.27. The van der Waals surface area contributed by atoms with E-state index in [0.29, 0.717) is 17.8 Å². The van der Waals surface area contributed by atoms with E-state index >= 15 is 0 Å². The van der Waals surface area contributed by atoms with Crippen LogP contribution in [0, 0.1) is 17.0 Å². The summed E-state index contributed by atoms with van der Waals surface area (Å²) in [5.74, 6) is -1.95. The van der Waals surface area contributed by atoms with Crippen LogP contribution in [0.15, 0.2) is 60.8 Å². The van der Waals surface area contributed by atoms with Crippen LogP contribution in [-0.4, -0.2) is 37.8 Å². The first-order valence-corrected chi connectivity index (χ1v) is 10.2. The quantitative estimate of drug-likeness (QED) is 0.372. The maximum absolute atomic E-state index is 13.8. The van der Waals surface area contributed by atoms with Crippen molar-refractivity contribution < 1.29 is 28.2 Å². The number of pyridine rings is 1. The molecule has 0 aliphatic carbocycles. The van der Waals surface area contributed by atoms with Gasteiger partial charge in [-0.15, -0.1) is 5.10 Å². The SMILES string of the molecule is CC(C)(COc1ccc(-c2ccc(-c3nc(Oc4ccc(F)cc4F)n[nH]3)cc2)cn1)C(=O)O. The first-order chi connectivity index (χ1) is 16.2. The van der Waals surface area contributed by atoms with Crippen molar-refractivity contribution in [2.45, 2.75) is 13.8 Å². The lowest BCUT2D eigenvalue weighted by Gasteiger charge is -2.18. The third-order valence-electron chi connectivity index (χ3n) is 4.95. The minimum Gasteiger partial charge on any atom is -0.481 e. The fourth-order valence-corrected chi connectivity index (χ4v) is 2.85. The molecule has 0 atom stereocenters. The van der Waals surface area contributed by atoms with E-state index in [1.807, 2.05) is 30.3 Å². The first kappa shape index (κ1) is 22.8. The zero-order valence-electron chi connectivity index (χ0n) is 18.3. The Morgan fingerprint density at radius 3 is 2.38 bits per heavy atom. The molecule has 0 amide bonds. The van der Waals surface area contributed by atoms with Crippen molar-refractivity contribution in [3.8, 4) is 40.2 Å². The highest BCUT2D eigenvalue weighted by Gasteiger charge is 2.28. The summed E-state index contributed by atoms with van der Waals surface area (Å²) in [6.45, 7) is 3.16. The Morgan fingerprint density at radius 1 is 1.03 bits per heavy atom. The molecule has 4 aromatic rings. The number of aliphatic carboxylic acids is 1. The van der Waals surface area contributed by atoms with Crippen molar-refractivity contribution in [1.82, 2.24) is 20.2 Å². The van der Waals surface area contributed by atoms with Crippen molar-refractivity contribution >= 4 is 5.97 Å². The summed E-state index contributed by atoms with van der Waals surface area (Å²) < 4.78 is 37.6. The predicted molar refractivity (Wildman–Crippen MR) is 118 cm³/mol. The molecule has 0 aliphatic heterocycles. The Bertz CT molecular complexity index is 1310. The Kier molecular flexibility index (Phi) is 6.22. The number of carbonyl (C=O) groups is 1. The Morgan fingerprint density at radius 2 is 1.74 bits per heavy atom. The largest absolute Gasteiger partial charge is 0.481 e. The maximum Gasteiger partial charge on any atom is 0.341 e. The summed E-state index contributed by atoms with van der Waals surface area (Å²) in [5.41, 5.74) is 1.42. The smallest absolute Gasteiger partial charge is 0.341 e. The number of rotatable bonds is 8. The van der Waals surface area contributed by atoms with E-state index in [1.165, 1.54) is 0 Å². The zero-order chi connectivity index (χ0) is 24.3. The van der Waals surface area contributed by atoms with Gasteiger partial charge in [-0.1, -0.05) is 24.3 Å². The highest BCUT2D eigenvalue weighted by atomic mass is 19.1. The summed E-state index contributed by atoms with van der Waals surface area (Å²) >= 11 is 0. The highest BCUT2D eigenvalue weighted by molar-refractivity contribution is 5.73. The van der Waals surface area contributed by atoms with Crippen molar-refractivity contribution in [3.05, 3.63) is 72.4 Å². The van der Waals surface area contributed by atoms with E-state index in [-0.39, 0.29) is 18.4 Å². The van der Waals surface area contributed by atoms with Gasteiger partial charge in [0.05, 0.1) is 5.41 Å². The molecule has 2 heterocycles. The van der Waals surface area contributed by atoms with E-state index in [9.17, 15) is 13.6 Å². The van der Waals surface area contributed by atoms with Crippen LogP contribution in [0.25, 0.3) is 22.5 Å². The average molecular weight is 466 g/mol. The molecule has 0 spiro atoms. The second-order valence-corrected chi connectivity index (χ2v) is 8.08. The maximum atomic E-state index is 13.8. The molecule has 34 heavy (non-hydrogen) atoms. The zero-order valence-corrected chi connectivity index (χ0v) is 18.3. The summed E-state index contributed by atoms with van der Waals surface area (Å²) in [7, 11) is 0. The van der Waals surface area contributed by atoms with Crippen LogP contribution in [0.4, 0.5) is 8.78 Å². The number of carboxylic acids is 1. The minimum atomic E-state index is -1.02. The minimum absolute atomic E-state index is 0.0000626. The molecule has 2 aromatic carbocycles. The van der Waals surface area contributed by atoms with Gasteiger partial charge < -0.3 is 14.6 Å². The fraction of sp³-hybridized carbons (Fsp3) is 0.167. The lowest BCUT2D eigenvalue weighted by Crippen LogP contribution is -2.30. The molecule has 0 bridgehead atoms. The molecule has 10 heteroatoms. The van der Waals surface area contributed by atoms with Gasteiger partial charge in [0, 0.05) is 29.5 Å². The number of nitrogens with zero attached hydrogens (tertiary/aromatic N) is 3. The van der Waals surface area contributed by atoms with Gasteiger partial charge in [0.1, 0.15) is 12.4 Å². The van der Waals surface area contributed by atoms with Gasteiger partial charge >= 0.3 is 12.0 Å². The Hall–Kier alpha value is -4.34. The van der Waals surface area contributed by atoms with Crippen LogP contribution in [0.5, 0.6) is 17.6 Å². The van der Waals surface area contributed by atoms with E-state index < -0.39 is 23.0 Å². The lowest BCUT2D eigenvalue weighted by molar-refractivity contribution is -0.148. The van der Waals surface area contributed by atoms with Crippen molar-refractivity contribution in [3.63, 3.8) is 0 Å². The molecule has 0 aliphatic rings. The van der Waals surface area contributed by atoms with E-state index in [0.717, 1.165) is 28.8 Å². The molecule has 0 radical (unpaired) electrons. The van der Waals surface area contributed by atoms with Crippen LogP contribution in [0.1, 0.15) is 13.8 Å². The Labute approximate surface area is 193 Å². The molecule has 4 rings (SSSR count). The van der Waals surface area contributed by atoms with Crippen LogP contribution in [-0.2, 0) is 4.79 Å². The third-order valence-corrected chi connectivity index (χ3v) is 4.95. The first-order valence-electron chi connectivity index (χ1n) is 10.2. The number of aromatic nitrogens is 4. The van der Waals surface area contributed by atoms with Crippen molar-refractivity contribution in [1.29, 1.82) is 0 Å². The van der Waals surface area contributed by atoms with Crippen LogP contribution >= 0.6 is 0 Å². The summed E-state index contributed by atoms with van der Waals surface area (Å²) in [5, 5.41) is 15.8. The number of halogens is 2. The number of hydrogen-bond acceptors (Lipinski definition) is 6. The average Bonchev–Trinajstić information content (AvgIpc) is 3.29. The monoisotopic (exact) mass is 466 g/mol. The number of carboxylic acid groups (broad SMARTS) is 1. The molecule has 0 unspecified atom stereocenters. The standard InChI is InChI=1S/C24H20F2N4O4/c1-24(2,22(31)32)13-33-20-10-7-16(12-27-20)14-3-5-15(6-4-14)21-28-23(30-29-21)34-19-9-8-17(25)11-18(19)26/h3-12H,13H2,1-2H3,(H,31,32)(H,28,29,30). The molecule has 0 saturated heterocycles. The van der Waals surface area contributed by atoms with Gasteiger partial charge in [0.2, 0.25) is 5.88 Å². The van der Waals surface area contributed by atoms with Crippen molar-refractivity contribution in [2.24, 2.45) is 5.41 Å². The lowest BCUT2D eigenvalue weighted by atomic mass is 9.95. The molecular weight excluding hydrogens is 446 g/mol. The van der Waals surface area contributed by atoms with Crippen LogP contribution < -0.4 is 9.47 Å². The molecule has 174 valence electrons. The summed E-state index contributed by atoms with van der Waals surface area (Å²) in [6, 6.07) is 13.7. The molecule has 0 saturated carbocycles. The second kappa shape index (κ2) is 9.26. The number of benzene rings is 2. The van der Waals surface area contributed by atoms with E-state index in [1.54, 1.807) is 26.1 Å². The van der Waals surface area contributed by atoms with Crippen molar-refractivity contribution in [2.75, 3.05) is 6.61 Å². The molecule has 2 aromatic heterocycles. The van der Waals surface area contributed by atoms with Gasteiger partial charge in [-0.05, 0) is 37.6 Å². The van der Waals surface area contributed by atoms with Gasteiger partial charge in [-0.25, -0.2) is 13.8 Å². The molecule has 2 N–H and O–H groups in total. The van der Waals surface area contributed by atoms with Gasteiger partial charge in [0.15, 0.2) is 17.4 Å². The number of aromatic amines is 1. The topological polar surface area (TPSA) is 110 Å². The summed E-state index contributed by atoms with van der Waals surface area (Å²) in [4.78, 5) is 19.6. The predicted octanol–water partition coefficient (Wildman–Crippen LogP) is 5.09. The second-order valence-electron chi connectivity index (χ2n) is 8.08. The molecule has 8 nitrogen and oxygen atoms in total. The number of nitrogens with one attached hydrogen (secondary N) is 1. The number of ether oxygens (including phenoxy) is 2. The Balaban J connectivity index is 1.42. The van der Waals surface area contributed by atoms with Gasteiger partial charge in [-0.2, -0.15) is 4.98 Å². The number of hydrogen-bond donors (Lipinski definition) is 2. The normalized spacial score (nSPS) is 11.3. The molecular formula is C24H20F2N4O4. The molecule has 0 fully saturated rings. The third kappa shape index (κ3) is 5.17. The van der Waals surface area contributed by atoms with Crippen LogP contribution in [0.3, 0.4) is 0 Å². The van der Waals surface area contributed by atoms with E-state index in [4.69, 9.17) is 14.6 Å². The van der Waals surface area contributed by atoms with Gasteiger partial charge in [-0.3, -0.25) is 9.89 Å².